The summed E-state index contributed by atoms with van der Waals surface area (Å²) in [5.74, 6) is 0. The van der Waals surface area contributed by atoms with Gasteiger partial charge in [0.15, 0.2) is 0 Å². The lowest BCUT2D eigenvalue weighted by molar-refractivity contribution is 0.0172. The predicted molar refractivity (Wildman–Crippen MR) is 81.7 cm³/mol. The smallest absolute Gasteiger partial charge is 0.138 e. The second-order valence-corrected chi connectivity index (χ2v) is 5.12. The first kappa shape index (κ1) is 14.8. The van der Waals surface area contributed by atoms with Crippen LogP contribution in [0.1, 0.15) is 36.1 Å². The average Bonchev–Trinajstić information content (AvgIpc) is 2.54. The molecule has 2 nitrogen and oxygen atoms in total. The van der Waals surface area contributed by atoms with Gasteiger partial charge in [0.05, 0.1) is 6.61 Å². The summed E-state index contributed by atoms with van der Waals surface area (Å²) in [4.78, 5) is 0. The zero-order chi connectivity index (χ0) is 14.6. The lowest BCUT2D eigenvalue weighted by Gasteiger charge is -2.27. The van der Waals surface area contributed by atoms with Crippen LogP contribution in [0.25, 0.3) is 0 Å². The summed E-state index contributed by atoms with van der Waals surface area (Å²) in [6.45, 7) is 3.84. The van der Waals surface area contributed by atoms with Gasteiger partial charge in [0.2, 0.25) is 0 Å². The van der Waals surface area contributed by atoms with E-state index in [4.69, 9.17) is 0 Å². The number of rotatable bonds is 5. The largest absolute Gasteiger partial charge is 0.393 e. The van der Waals surface area contributed by atoms with E-state index in [1.54, 1.807) is 0 Å². The lowest BCUT2D eigenvalue weighted by atomic mass is 9.85. The monoisotopic (exact) mass is 270 g/mol. The molecule has 1 unspecified atom stereocenters. The second-order valence-electron chi connectivity index (χ2n) is 5.12. The molecule has 0 aliphatic rings. The highest BCUT2D eigenvalue weighted by atomic mass is 16.3. The topological polar surface area (TPSA) is 40.5 Å². The SMILES string of the molecule is CCc1ccc(C(O)(CO)c2cccc(CC)c2)cc1. The molecule has 0 aromatic heterocycles. The summed E-state index contributed by atoms with van der Waals surface area (Å²) in [5.41, 5.74) is 2.50. The fourth-order valence-electron chi connectivity index (χ4n) is 2.41. The third kappa shape index (κ3) is 2.77. The zero-order valence-electron chi connectivity index (χ0n) is 12.1. The average molecular weight is 270 g/mol. The van der Waals surface area contributed by atoms with Crippen LogP contribution in [-0.2, 0) is 18.4 Å². The van der Waals surface area contributed by atoms with Gasteiger partial charge in [-0.25, -0.2) is 0 Å². The van der Waals surface area contributed by atoms with Crippen LogP contribution >= 0.6 is 0 Å². The molecular formula is C18H22O2. The minimum absolute atomic E-state index is 0.328. The van der Waals surface area contributed by atoms with Crippen molar-refractivity contribution in [2.24, 2.45) is 0 Å². The maximum absolute atomic E-state index is 10.9. The molecule has 2 aromatic carbocycles. The molecule has 0 amide bonds. The van der Waals surface area contributed by atoms with Crippen LogP contribution in [0.4, 0.5) is 0 Å². The van der Waals surface area contributed by atoms with Gasteiger partial charge in [-0.15, -0.1) is 0 Å². The van der Waals surface area contributed by atoms with Crippen LogP contribution in [0.15, 0.2) is 48.5 Å². The maximum atomic E-state index is 10.9. The highest BCUT2D eigenvalue weighted by Crippen LogP contribution is 2.30. The standard InChI is InChI=1S/C18H22O2/c1-3-14-8-10-16(11-9-14)18(20,13-19)17-7-5-6-15(4-2)12-17/h5-12,19-20H,3-4,13H2,1-2H3. The van der Waals surface area contributed by atoms with Crippen molar-refractivity contribution in [3.8, 4) is 0 Å². The molecular weight excluding hydrogens is 248 g/mol. The highest BCUT2D eigenvalue weighted by Gasteiger charge is 2.30. The molecule has 2 N–H and O–H groups in total. The summed E-state index contributed by atoms with van der Waals surface area (Å²) in [5, 5.41) is 20.6. The van der Waals surface area contributed by atoms with Gasteiger partial charge in [-0.1, -0.05) is 62.4 Å². The number of aliphatic hydroxyl groups is 2. The summed E-state index contributed by atoms with van der Waals surface area (Å²) in [7, 11) is 0. The Labute approximate surface area is 120 Å². The number of benzene rings is 2. The van der Waals surface area contributed by atoms with Crippen LogP contribution in [0, 0.1) is 0 Å². The van der Waals surface area contributed by atoms with Crippen molar-refractivity contribution in [3.05, 3.63) is 70.8 Å². The minimum Gasteiger partial charge on any atom is -0.393 e. The third-order valence-electron chi connectivity index (χ3n) is 3.88. The van der Waals surface area contributed by atoms with Gasteiger partial charge in [0, 0.05) is 0 Å². The van der Waals surface area contributed by atoms with Crippen molar-refractivity contribution in [1.29, 1.82) is 0 Å². The van der Waals surface area contributed by atoms with E-state index in [0.717, 1.165) is 29.5 Å². The first-order valence-electron chi connectivity index (χ1n) is 7.16. The molecule has 2 rings (SSSR count). The fraction of sp³-hybridized carbons (Fsp3) is 0.333. The number of aliphatic hydroxyl groups excluding tert-OH is 1. The lowest BCUT2D eigenvalue weighted by Crippen LogP contribution is -2.31. The third-order valence-corrected chi connectivity index (χ3v) is 3.88. The Morgan fingerprint density at radius 1 is 0.850 bits per heavy atom. The fourth-order valence-corrected chi connectivity index (χ4v) is 2.41. The van der Waals surface area contributed by atoms with Crippen molar-refractivity contribution >= 4 is 0 Å². The molecule has 106 valence electrons. The molecule has 0 saturated carbocycles. The van der Waals surface area contributed by atoms with Crippen LogP contribution in [-0.4, -0.2) is 16.8 Å². The Kier molecular flexibility index (Phi) is 4.58. The normalized spacial score (nSPS) is 14.0. The second kappa shape index (κ2) is 6.21. The van der Waals surface area contributed by atoms with Gasteiger partial charge in [0.25, 0.3) is 0 Å². The number of hydrogen-bond donors (Lipinski definition) is 2. The van der Waals surface area contributed by atoms with Crippen LogP contribution < -0.4 is 0 Å². The van der Waals surface area contributed by atoms with Crippen LogP contribution in [0.2, 0.25) is 0 Å². The van der Waals surface area contributed by atoms with E-state index in [1.165, 1.54) is 5.56 Å². The van der Waals surface area contributed by atoms with E-state index >= 15 is 0 Å². The maximum Gasteiger partial charge on any atom is 0.138 e. The Morgan fingerprint density at radius 3 is 2.05 bits per heavy atom. The minimum atomic E-state index is -1.34. The quantitative estimate of drug-likeness (QED) is 0.876. The highest BCUT2D eigenvalue weighted by molar-refractivity contribution is 5.39. The van der Waals surface area contributed by atoms with E-state index in [1.807, 2.05) is 48.5 Å². The molecule has 0 heterocycles. The molecule has 2 aromatic rings. The van der Waals surface area contributed by atoms with E-state index in [2.05, 4.69) is 13.8 Å². The molecule has 2 heteroatoms. The van der Waals surface area contributed by atoms with Crippen molar-refractivity contribution in [1.82, 2.24) is 0 Å². The number of aryl methyl sites for hydroxylation is 2. The summed E-state index contributed by atoms with van der Waals surface area (Å²) in [6, 6.07) is 15.6. The summed E-state index contributed by atoms with van der Waals surface area (Å²) in [6.07, 6.45) is 1.87. The molecule has 0 bridgehead atoms. The molecule has 0 spiro atoms. The predicted octanol–water partition coefficient (Wildman–Crippen LogP) is 3.04. The van der Waals surface area contributed by atoms with E-state index in [9.17, 15) is 10.2 Å². The summed E-state index contributed by atoms with van der Waals surface area (Å²) >= 11 is 0. The Morgan fingerprint density at radius 2 is 1.50 bits per heavy atom. The van der Waals surface area contributed by atoms with E-state index in [-0.39, 0.29) is 6.61 Å². The molecule has 0 radical (unpaired) electrons. The van der Waals surface area contributed by atoms with Gasteiger partial charge in [-0.2, -0.15) is 0 Å². The van der Waals surface area contributed by atoms with Gasteiger partial charge >= 0.3 is 0 Å². The van der Waals surface area contributed by atoms with Gasteiger partial charge in [0.1, 0.15) is 5.60 Å². The molecule has 0 aliphatic heterocycles. The van der Waals surface area contributed by atoms with Crippen molar-refractivity contribution in [2.75, 3.05) is 6.61 Å². The van der Waals surface area contributed by atoms with Gasteiger partial charge in [-0.3, -0.25) is 0 Å². The van der Waals surface area contributed by atoms with Crippen molar-refractivity contribution in [3.63, 3.8) is 0 Å². The Balaban J connectivity index is 2.45. The molecule has 20 heavy (non-hydrogen) atoms. The first-order valence-corrected chi connectivity index (χ1v) is 7.16. The van der Waals surface area contributed by atoms with Crippen LogP contribution in [0.3, 0.4) is 0 Å². The first-order chi connectivity index (χ1) is 9.63. The summed E-state index contributed by atoms with van der Waals surface area (Å²) < 4.78 is 0. The van der Waals surface area contributed by atoms with Crippen molar-refractivity contribution < 1.29 is 10.2 Å². The molecule has 1 atom stereocenters. The number of hydrogen-bond acceptors (Lipinski definition) is 2. The van der Waals surface area contributed by atoms with E-state index in [0.29, 0.717) is 0 Å². The Bertz CT molecular complexity index is 560. The molecule has 0 aliphatic carbocycles. The van der Waals surface area contributed by atoms with Gasteiger partial charge < -0.3 is 10.2 Å². The Hall–Kier alpha value is -1.64. The molecule has 0 saturated heterocycles. The molecule has 0 fully saturated rings. The van der Waals surface area contributed by atoms with Crippen molar-refractivity contribution in [2.45, 2.75) is 32.3 Å². The van der Waals surface area contributed by atoms with Crippen LogP contribution in [0.5, 0.6) is 0 Å². The zero-order valence-corrected chi connectivity index (χ0v) is 12.1. The van der Waals surface area contributed by atoms with E-state index < -0.39 is 5.60 Å². The van der Waals surface area contributed by atoms with Gasteiger partial charge in [-0.05, 0) is 35.1 Å².